The Morgan fingerprint density at radius 2 is 1.83 bits per heavy atom. The number of phenolic OH excluding ortho intramolecular Hbond substituents is 2. The van der Waals surface area contributed by atoms with Gasteiger partial charge in [0, 0.05) is 38.5 Å². The van der Waals surface area contributed by atoms with Gasteiger partial charge in [0.15, 0.2) is 11.5 Å². The second-order valence-corrected chi connectivity index (χ2v) is 5.58. The average Bonchev–Trinajstić information content (AvgIpc) is 2.63. The van der Waals surface area contributed by atoms with Crippen LogP contribution in [0.5, 0.6) is 11.5 Å². The number of pyridine rings is 1. The van der Waals surface area contributed by atoms with E-state index in [1.54, 1.807) is 23.2 Å². The number of rotatable bonds is 3. The highest BCUT2D eigenvalue weighted by molar-refractivity contribution is 5.92. The van der Waals surface area contributed by atoms with Gasteiger partial charge in [0.25, 0.3) is 0 Å². The lowest BCUT2D eigenvalue weighted by molar-refractivity contribution is -0.126. The summed E-state index contributed by atoms with van der Waals surface area (Å²) >= 11 is 0. The number of aromatic nitrogens is 1. The lowest BCUT2D eigenvalue weighted by Crippen LogP contribution is -2.48. The fourth-order valence-electron chi connectivity index (χ4n) is 2.61. The first-order valence-corrected chi connectivity index (χ1v) is 7.78. The Morgan fingerprint density at radius 1 is 1.04 bits per heavy atom. The summed E-state index contributed by atoms with van der Waals surface area (Å²) in [5, 5.41) is 18.7. The molecule has 0 saturated carbocycles. The maximum atomic E-state index is 12.3. The van der Waals surface area contributed by atoms with Crippen molar-refractivity contribution >= 4 is 17.8 Å². The number of piperazine rings is 1. The molecule has 0 atom stereocenters. The molecule has 2 aromatic rings. The molecule has 0 radical (unpaired) electrons. The topological polar surface area (TPSA) is 76.9 Å². The van der Waals surface area contributed by atoms with E-state index in [2.05, 4.69) is 9.88 Å². The fourth-order valence-corrected chi connectivity index (χ4v) is 2.61. The van der Waals surface area contributed by atoms with Gasteiger partial charge >= 0.3 is 0 Å². The van der Waals surface area contributed by atoms with E-state index >= 15 is 0 Å². The Bertz CT molecular complexity index is 738. The van der Waals surface area contributed by atoms with Crippen LogP contribution in [-0.4, -0.2) is 52.2 Å². The van der Waals surface area contributed by atoms with Gasteiger partial charge in [0.05, 0.1) is 0 Å². The molecule has 6 heteroatoms. The summed E-state index contributed by atoms with van der Waals surface area (Å²) in [7, 11) is 0. The van der Waals surface area contributed by atoms with Gasteiger partial charge in [-0.3, -0.25) is 4.79 Å². The highest BCUT2D eigenvalue weighted by Crippen LogP contribution is 2.25. The lowest BCUT2D eigenvalue weighted by Gasteiger charge is -2.34. The van der Waals surface area contributed by atoms with Crippen molar-refractivity contribution in [1.29, 1.82) is 0 Å². The molecule has 1 fully saturated rings. The Morgan fingerprint density at radius 3 is 2.50 bits per heavy atom. The van der Waals surface area contributed by atoms with Crippen molar-refractivity contribution in [2.24, 2.45) is 0 Å². The maximum absolute atomic E-state index is 12.3. The van der Waals surface area contributed by atoms with E-state index in [4.69, 9.17) is 0 Å². The minimum Gasteiger partial charge on any atom is -0.504 e. The predicted octanol–water partition coefficient (Wildman–Crippen LogP) is 1.85. The molecule has 2 heterocycles. The summed E-state index contributed by atoms with van der Waals surface area (Å²) in [5.41, 5.74) is 0.658. The van der Waals surface area contributed by atoms with E-state index in [1.807, 2.05) is 18.2 Å². The molecule has 3 rings (SSSR count). The van der Waals surface area contributed by atoms with Gasteiger partial charge in [-0.05, 0) is 35.9 Å². The van der Waals surface area contributed by atoms with Crippen molar-refractivity contribution in [3.63, 3.8) is 0 Å². The van der Waals surface area contributed by atoms with E-state index in [0.29, 0.717) is 18.7 Å². The number of nitrogens with zero attached hydrogens (tertiary/aromatic N) is 3. The number of hydrogen-bond donors (Lipinski definition) is 2. The standard InChI is InChI=1S/C18H19N3O3/c22-15-6-4-14(13-16(15)23)5-7-18(24)21-11-9-20(10-12-21)17-3-1-2-8-19-17/h1-8,13,22-23H,9-12H2/b7-5+. The summed E-state index contributed by atoms with van der Waals surface area (Å²) in [4.78, 5) is 20.5. The summed E-state index contributed by atoms with van der Waals surface area (Å²) in [6.45, 7) is 2.77. The van der Waals surface area contributed by atoms with E-state index < -0.39 is 0 Å². The minimum absolute atomic E-state index is 0.0664. The van der Waals surface area contributed by atoms with Crippen LogP contribution in [0.4, 0.5) is 5.82 Å². The van der Waals surface area contributed by atoms with Crippen molar-refractivity contribution in [1.82, 2.24) is 9.88 Å². The molecule has 2 N–H and O–H groups in total. The predicted molar refractivity (Wildman–Crippen MR) is 91.8 cm³/mol. The van der Waals surface area contributed by atoms with E-state index in [-0.39, 0.29) is 17.4 Å². The van der Waals surface area contributed by atoms with Gasteiger partial charge in [-0.15, -0.1) is 0 Å². The van der Waals surface area contributed by atoms with E-state index in [9.17, 15) is 15.0 Å². The molecule has 1 aromatic carbocycles. The highest BCUT2D eigenvalue weighted by Gasteiger charge is 2.20. The first-order chi connectivity index (χ1) is 11.6. The fraction of sp³-hybridized carbons (Fsp3) is 0.222. The largest absolute Gasteiger partial charge is 0.504 e. The van der Waals surface area contributed by atoms with Crippen LogP contribution in [0.1, 0.15) is 5.56 Å². The molecular formula is C18H19N3O3. The van der Waals surface area contributed by atoms with Crippen molar-refractivity contribution in [3.05, 3.63) is 54.2 Å². The third kappa shape index (κ3) is 3.65. The smallest absolute Gasteiger partial charge is 0.246 e. The van der Waals surface area contributed by atoms with Gasteiger partial charge in [-0.25, -0.2) is 4.98 Å². The second-order valence-electron chi connectivity index (χ2n) is 5.58. The first kappa shape index (κ1) is 15.9. The zero-order valence-corrected chi connectivity index (χ0v) is 13.2. The Labute approximate surface area is 140 Å². The minimum atomic E-state index is -0.200. The molecule has 0 spiro atoms. The molecular weight excluding hydrogens is 306 g/mol. The number of aromatic hydroxyl groups is 2. The number of carbonyl (C=O) groups excluding carboxylic acids is 1. The van der Waals surface area contributed by atoms with E-state index in [1.165, 1.54) is 18.2 Å². The van der Waals surface area contributed by atoms with Crippen LogP contribution in [0.25, 0.3) is 6.08 Å². The quantitative estimate of drug-likeness (QED) is 0.665. The molecule has 1 aliphatic heterocycles. The van der Waals surface area contributed by atoms with Crippen LogP contribution >= 0.6 is 0 Å². The summed E-state index contributed by atoms with van der Waals surface area (Å²) in [6.07, 6.45) is 4.89. The summed E-state index contributed by atoms with van der Waals surface area (Å²) < 4.78 is 0. The summed E-state index contributed by atoms with van der Waals surface area (Å²) in [6, 6.07) is 10.3. The molecule has 0 aliphatic carbocycles. The molecule has 0 unspecified atom stereocenters. The molecule has 1 aromatic heterocycles. The third-order valence-electron chi connectivity index (χ3n) is 3.98. The van der Waals surface area contributed by atoms with Gasteiger partial charge in [0.2, 0.25) is 5.91 Å². The SMILES string of the molecule is O=C(/C=C/c1ccc(O)c(O)c1)N1CCN(c2ccccn2)CC1. The number of anilines is 1. The van der Waals surface area contributed by atoms with Crippen molar-refractivity contribution < 1.29 is 15.0 Å². The Kier molecular flexibility index (Phi) is 4.65. The Hall–Kier alpha value is -3.02. The first-order valence-electron chi connectivity index (χ1n) is 7.78. The highest BCUT2D eigenvalue weighted by atomic mass is 16.3. The van der Waals surface area contributed by atoms with Crippen molar-refractivity contribution in [2.45, 2.75) is 0 Å². The molecule has 1 amide bonds. The molecule has 24 heavy (non-hydrogen) atoms. The molecule has 1 saturated heterocycles. The van der Waals surface area contributed by atoms with Crippen molar-refractivity contribution in [3.8, 4) is 11.5 Å². The zero-order valence-electron chi connectivity index (χ0n) is 13.2. The molecule has 6 nitrogen and oxygen atoms in total. The average molecular weight is 325 g/mol. The monoisotopic (exact) mass is 325 g/mol. The van der Waals surface area contributed by atoms with Crippen LogP contribution in [0.3, 0.4) is 0 Å². The molecule has 124 valence electrons. The number of phenols is 2. The van der Waals surface area contributed by atoms with Crippen molar-refractivity contribution in [2.75, 3.05) is 31.1 Å². The zero-order chi connectivity index (χ0) is 16.9. The number of carbonyl (C=O) groups is 1. The number of hydrogen-bond acceptors (Lipinski definition) is 5. The van der Waals surface area contributed by atoms with Crippen LogP contribution in [0, 0.1) is 0 Å². The number of benzene rings is 1. The maximum Gasteiger partial charge on any atom is 0.246 e. The van der Waals surface area contributed by atoms with E-state index in [0.717, 1.165) is 18.9 Å². The van der Waals surface area contributed by atoms with Gasteiger partial charge in [0.1, 0.15) is 5.82 Å². The third-order valence-corrected chi connectivity index (χ3v) is 3.98. The normalized spacial score (nSPS) is 15.0. The summed E-state index contributed by atoms with van der Waals surface area (Å²) in [5.74, 6) is 0.487. The van der Waals surface area contributed by atoms with Crippen LogP contribution in [-0.2, 0) is 4.79 Å². The molecule has 0 bridgehead atoms. The van der Waals surface area contributed by atoms with Crippen LogP contribution in [0.15, 0.2) is 48.7 Å². The van der Waals surface area contributed by atoms with Crippen LogP contribution < -0.4 is 4.90 Å². The van der Waals surface area contributed by atoms with Gasteiger partial charge in [-0.2, -0.15) is 0 Å². The lowest BCUT2D eigenvalue weighted by atomic mass is 10.2. The van der Waals surface area contributed by atoms with Gasteiger partial charge in [-0.1, -0.05) is 12.1 Å². The Balaban J connectivity index is 1.57. The number of amides is 1. The second kappa shape index (κ2) is 7.04. The molecule has 1 aliphatic rings. The van der Waals surface area contributed by atoms with Crippen LogP contribution in [0.2, 0.25) is 0 Å². The van der Waals surface area contributed by atoms with Gasteiger partial charge < -0.3 is 20.0 Å².